The van der Waals surface area contributed by atoms with E-state index in [1.54, 1.807) is 32.6 Å². The number of methoxy groups -OCH3 is 2. The van der Waals surface area contributed by atoms with Crippen LogP contribution in [0.25, 0.3) is 11.2 Å². The number of H-pyrrole nitrogens is 1. The van der Waals surface area contributed by atoms with Crippen LogP contribution in [0, 0.1) is 5.92 Å². The number of aromatic nitrogens is 4. The molecule has 254 valence electrons. The molecule has 49 heavy (non-hydrogen) atoms. The van der Waals surface area contributed by atoms with E-state index >= 15 is 0 Å². The molecule has 0 unspecified atom stereocenters. The van der Waals surface area contributed by atoms with Crippen molar-refractivity contribution < 1.29 is 33.6 Å². The number of carbonyl (C=O) groups is 1. The van der Waals surface area contributed by atoms with Crippen LogP contribution in [0.3, 0.4) is 0 Å². The average molecular weight is 668 g/mol. The smallest absolute Gasteiger partial charge is 0.280 e. The number of aliphatic hydroxyl groups is 1. The molecule has 0 saturated carbocycles. The number of aromatic amines is 1. The molecule has 2 fully saturated rings. The molecule has 13 nitrogen and oxygen atoms in total. The number of imidazole rings is 1. The van der Waals surface area contributed by atoms with Crippen molar-refractivity contribution in [3.05, 3.63) is 112 Å². The van der Waals surface area contributed by atoms with Crippen LogP contribution in [0.2, 0.25) is 0 Å². The Hall–Kier alpha value is -5.08. The number of benzene rings is 3. The van der Waals surface area contributed by atoms with E-state index in [1.165, 1.54) is 6.33 Å². The van der Waals surface area contributed by atoms with Crippen molar-refractivity contribution in [2.75, 3.05) is 32.8 Å². The monoisotopic (exact) mass is 667 g/mol. The Morgan fingerprint density at radius 2 is 1.63 bits per heavy atom. The van der Waals surface area contributed by atoms with E-state index in [4.69, 9.17) is 23.7 Å². The number of hydrogen-bond donors (Lipinski definition) is 3. The van der Waals surface area contributed by atoms with Gasteiger partial charge in [0, 0.05) is 5.92 Å². The first kappa shape index (κ1) is 32.5. The molecule has 13 heteroatoms. The zero-order valence-electron chi connectivity index (χ0n) is 27.5. The van der Waals surface area contributed by atoms with Crippen molar-refractivity contribution in [1.82, 2.24) is 19.5 Å². The normalized spacial score (nSPS) is 21.7. The quantitative estimate of drug-likeness (QED) is 0.177. The van der Waals surface area contributed by atoms with Crippen LogP contribution in [-0.2, 0) is 24.6 Å². The summed E-state index contributed by atoms with van der Waals surface area (Å²) in [7, 11) is 3.23. The summed E-state index contributed by atoms with van der Waals surface area (Å²) >= 11 is 0. The van der Waals surface area contributed by atoms with Gasteiger partial charge in [0.25, 0.3) is 5.56 Å². The first-order valence-electron chi connectivity index (χ1n) is 15.9. The van der Waals surface area contributed by atoms with Crippen LogP contribution in [0.4, 0.5) is 5.95 Å². The number of nitrogens with zero attached hydrogens (tertiary/aromatic N) is 3. The minimum absolute atomic E-state index is 0.0211. The van der Waals surface area contributed by atoms with E-state index in [-0.39, 0.29) is 42.2 Å². The third-order valence-corrected chi connectivity index (χ3v) is 9.19. The van der Waals surface area contributed by atoms with Crippen molar-refractivity contribution in [3.8, 4) is 11.5 Å². The van der Waals surface area contributed by atoms with E-state index in [2.05, 4.69) is 20.3 Å². The Balaban J connectivity index is 1.27. The predicted molar refractivity (Wildman–Crippen MR) is 178 cm³/mol. The molecule has 0 radical (unpaired) electrons. The number of amides is 1. The molecule has 5 aromatic rings. The van der Waals surface area contributed by atoms with E-state index < -0.39 is 35.2 Å². The lowest BCUT2D eigenvalue weighted by Crippen LogP contribution is -2.48. The number of nitrogens with one attached hydrogen (secondary N) is 2. The molecule has 2 aromatic heterocycles. The Labute approximate surface area is 281 Å². The molecule has 2 saturated heterocycles. The fourth-order valence-corrected chi connectivity index (χ4v) is 6.48. The zero-order valence-corrected chi connectivity index (χ0v) is 27.5. The summed E-state index contributed by atoms with van der Waals surface area (Å²) < 4.78 is 32.3. The summed E-state index contributed by atoms with van der Waals surface area (Å²) in [6, 6.07) is 25.1. The molecule has 0 spiro atoms. The number of ether oxygens (including phenoxy) is 5. The molecular formula is C36H37N5O8. The van der Waals surface area contributed by atoms with Gasteiger partial charge >= 0.3 is 0 Å². The first-order chi connectivity index (χ1) is 23.7. The standard InChI is InChI=1S/C36H37N5O8/c1-21(2)31(43)39-34-38-30-27(32(44)40-34)37-20-41(30)33-28-29(42)35(49-33,18-47-28)19-48-36(22-8-6-5-7-9-22,23-10-14-25(45-3)15-11-23)24-12-16-26(46-4)17-13-24/h5-17,20-21,28-29,33,42H,18-19H2,1-4H3,(H2,38,39,40,43,44)/t28-,29+,33-,35-/m1/s1. The number of fused-ring (bicyclic) bond motifs is 3. The highest BCUT2D eigenvalue weighted by molar-refractivity contribution is 5.91. The van der Waals surface area contributed by atoms with Gasteiger partial charge in [0.15, 0.2) is 17.4 Å². The van der Waals surface area contributed by atoms with Gasteiger partial charge in [-0.15, -0.1) is 0 Å². The number of aliphatic hydroxyl groups excluding tert-OH is 1. The van der Waals surface area contributed by atoms with E-state index in [9.17, 15) is 14.7 Å². The van der Waals surface area contributed by atoms with Crippen LogP contribution in [0.5, 0.6) is 11.5 Å². The van der Waals surface area contributed by atoms with Gasteiger partial charge in [0.1, 0.15) is 34.9 Å². The van der Waals surface area contributed by atoms with E-state index in [0.29, 0.717) is 11.5 Å². The zero-order chi connectivity index (χ0) is 34.3. The summed E-state index contributed by atoms with van der Waals surface area (Å²) in [5.41, 5.74) is -0.271. The number of carbonyl (C=O) groups excluding carboxylic acids is 1. The number of rotatable bonds is 11. The lowest BCUT2D eigenvalue weighted by molar-refractivity contribution is -0.202. The third kappa shape index (κ3) is 5.54. The number of anilines is 1. The van der Waals surface area contributed by atoms with Crippen LogP contribution in [0.1, 0.15) is 36.8 Å². The molecular weight excluding hydrogens is 630 g/mol. The van der Waals surface area contributed by atoms with Gasteiger partial charge in [0.2, 0.25) is 11.9 Å². The second kappa shape index (κ2) is 12.7. The molecule has 1 amide bonds. The van der Waals surface area contributed by atoms with E-state index in [1.807, 2.05) is 78.9 Å². The SMILES string of the molecule is COc1ccc(C(OC[C@@]23CO[C@@H]([C@H](n4cnc5c(=O)[nH]c(NC(=O)C(C)C)nc54)O2)[C@@H]3O)(c2ccccc2)c2ccc(OC)cc2)cc1. The lowest BCUT2D eigenvalue weighted by Gasteiger charge is -2.39. The van der Waals surface area contributed by atoms with Gasteiger partial charge in [-0.3, -0.25) is 24.5 Å². The van der Waals surface area contributed by atoms with E-state index in [0.717, 1.165) is 16.7 Å². The van der Waals surface area contributed by atoms with Crippen molar-refractivity contribution in [2.24, 2.45) is 5.92 Å². The summed E-state index contributed by atoms with van der Waals surface area (Å²) in [6.45, 7) is 3.44. The molecule has 0 aliphatic carbocycles. The van der Waals surface area contributed by atoms with Gasteiger partial charge in [-0.25, -0.2) is 4.98 Å². The van der Waals surface area contributed by atoms with Crippen molar-refractivity contribution in [3.63, 3.8) is 0 Å². The Kier molecular flexibility index (Phi) is 8.45. The van der Waals surface area contributed by atoms with Gasteiger partial charge < -0.3 is 28.8 Å². The fraction of sp³-hybridized carbons (Fsp3) is 0.333. The summed E-state index contributed by atoms with van der Waals surface area (Å²) in [5, 5.41) is 14.3. The first-order valence-corrected chi connectivity index (χ1v) is 15.9. The maximum absolute atomic E-state index is 12.9. The van der Waals surface area contributed by atoms with Crippen LogP contribution in [-0.4, -0.2) is 75.8 Å². The second-order valence-electron chi connectivity index (χ2n) is 12.5. The topological polar surface area (TPSA) is 159 Å². The summed E-state index contributed by atoms with van der Waals surface area (Å²) in [5.74, 6) is 0.718. The van der Waals surface area contributed by atoms with Gasteiger partial charge in [0.05, 0.1) is 33.8 Å². The van der Waals surface area contributed by atoms with Crippen LogP contribution >= 0.6 is 0 Å². The average Bonchev–Trinajstić information content (AvgIpc) is 3.78. The molecule has 4 heterocycles. The molecule has 4 atom stereocenters. The molecule has 2 aliphatic heterocycles. The summed E-state index contributed by atoms with van der Waals surface area (Å²) in [6.07, 6.45) is -1.39. The van der Waals surface area contributed by atoms with Crippen molar-refractivity contribution in [2.45, 2.75) is 43.5 Å². The highest BCUT2D eigenvalue weighted by atomic mass is 16.7. The van der Waals surface area contributed by atoms with Gasteiger partial charge in [-0.2, -0.15) is 4.98 Å². The molecule has 3 aromatic carbocycles. The highest BCUT2D eigenvalue weighted by Crippen LogP contribution is 2.48. The Bertz CT molecular complexity index is 1960. The minimum atomic E-state index is -1.29. The van der Waals surface area contributed by atoms with Crippen molar-refractivity contribution >= 4 is 23.0 Å². The van der Waals surface area contributed by atoms with Gasteiger partial charge in [-0.05, 0) is 41.0 Å². The predicted octanol–water partition coefficient (Wildman–Crippen LogP) is 3.77. The maximum Gasteiger partial charge on any atom is 0.280 e. The fourth-order valence-electron chi connectivity index (χ4n) is 6.48. The largest absolute Gasteiger partial charge is 0.497 e. The molecule has 2 bridgehead atoms. The molecule has 2 aliphatic rings. The second-order valence-corrected chi connectivity index (χ2v) is 12.5. The number of hydrogen-bond acceptors (Lipinski definition) is 10. The summed E-state index contributed by atoms with van der Waals surface area (Å²) in [4.78, 5) is 36.5. The van der Waals surface area contributed by atoms with Crippen molar-refractivity contribution in [1.29, 1.82) is 0 Å². The molecule has 3 N–H and O–H groups in total. The maximum atomic E-state index is 12.9. The minimum Gasteiger partial charge on any atom is -0.497 e. The molecule has 7 rings (SSSR count). The van der Waals surface area contributed by atoms with Crippen LogP contribution < -0.4 is 20.3 Å². The lowest BCUT2D eigenvalue weighted by atomic mass is 9.79. The Morgan fingerprint density at radius 1 is 1.02 bits per heavy atom. The Morgan fingerprint density at radius 3 is 2.22 bits per heavy atom. The third-order valence-electron chi connectivity index (χ3n) is 9.19. The highest BCUT2D eigenvalue weighted by Gasteiger charge is 2.63. The van der Waals surface area contributed by atoms with Gasteiger partial charge in [-0.1, -0.05) is 68.4 Å². The van der Waals surface area contributed by atoms with Crippen LogP contribution in [0.15, 0.2) is 90.0 Å².